The van der Waals surface area contributed by atoms with Crippen molar-refractivity contribution >= 4 is 17.4 Å². The zero-order valence-electron chi connectivity index (χ0n) is 10.9. The molecule has 4 heteroatoms. The number of rotatable bonds is 0. The van der Waals surface area contributed by atoms with Crippen molar-refractivity contribution in [3.63, 3.8) is 0 Å². The van der Waals surface area contributed by atoms with Crippen LogP contribution in [0.4, 0.5) is 4.79 Å². The molecular weight excluding hydrogens is 232 g/mol. The number of thiophene rings is 1. The van der Waals surface area contributed by atoms with Crippen LogP contribution >= 0.6 is 11.3 Å². The number of amides is 2. The average Bonchev–Trinajstić information content (AvgIpc) is 2.63. The highest BCUT2D eigenvalue weighted by Crippen LogP contribution is 2.32. The number of hydrogen-bond acceptors (Lipinski definition) is 2. The smallest absolute Gasteiger partial charge is 0.318 e. The van der Waals surface area contributed by atoms with Gasteiger partial charge < -0.3 is 10.2 Å². The molecule has 1 aliphatic rings. The second-order valence-corrected chi connectivity index (χ2v) is 6.60. The van der Waals surface area contributed by atoms with Crippen LogP contribution in [-0.2, 0) is 6.42 Å². The molecule has 1 atom stereocenters. The topological polar surface area (TPSA) is 32.3 Å². The molecule has 0 spiro atoms. The van der Waals surface area contributed by atoms with Gasteiger partial charge in [0.25, 0.3) is 0 Å². The van der Waals surface area contributed by atoms with Gasteiger partial charge in [0.2, 0.25) is 0 Å². The van der Waals surface area contributed by atoms with Gasteiger partial charge in [0.1, 0.15) is 0 Å². The predicted octanol–water partition coefficient (Wildman–Crippen LogP) is 3.18. The van der Waals surface area contributed by atoms with E-state index in [0.29, 0.717) is 0 Å². The molecule has 1 unspecified atom stereocenters. The lowest BCUT2D eigenvalue weighted by molar-refractivity contribution is 0.167. The molecule has 1 aliphatic heterocycles. The Bertz CT molecular complexity index is 419. The van der Waals surface area contributed by atoms with Gasteiger partial charge >= 0.3 is 6.03 Å². The van der Waals surface area contributed by atoms with Gasteiger partial charge in [-0.3, -0.25) is 0 Å². The Labute approximate surface area is 107 Å². The monoisotopic (exact) mass is 252 g/mol. The van der Waals surface area contributed by atoms with Gasteiger partial charge in [0, 0.05) is 17.0 Å². The molecule has 0 fully saturated rings. The summed E-state index contributed by atoms with van der Waals surface area (Å²) >= 11 is 1.80. The highest BCUT2D eigenvalue weighted by atomic mass is 32.1. The summed E-state index contributed by atoms with van der Waals surface area (Å²) in [4.78, 5) is 15.5. The third kappa shape index (κ3) is 2.63. The van der Waals surface area contributed by atoms with Crippen LogP contribution in [0.1, 0.15) is 44.2 Å². The van der Waals surface area contributed by atoms with Crippen LogP contribution in [0, 0.1) is 0 Å². The SMILES string of the molecule is CC1c2ccsc2CCN1C(=O)NC(C)(C)C. The fourth-order valence-corrected chi connectivity index (χ4v) is 3.14. The van der Waals surface area contributed by atoms with Crippen molar-refractivity contribution in [3.8, 4) is 0 Å². The zero-order chi connectivity index (χ0) is 12.6. The molecule has 1 aromatic heterocycles. The van der Waals surface area contributed by atoms with E-state index in [1.165, 1.54) is 10.4 Å². The fourth-order valence-electron chi connectivity index (χ4n) is 2.18. The van der Waals surface area contributed by atoms with Crippen LogP contribution in [0.25, 0.3) is 0 Å². The van der Waals surface area contributed by atoms with Crippen molar-refractivity contribution < 1.29 is 4.79 Å². The lowest BCUT2D eigenvalue weighted by Gasteiger charge is -2.35. The van der Waals surface area contributed by atoms with Crippen molar-refractivity contribution in [1.82, 2.24) is 10.2 Å². The van der Waals surface area contributed by atoms with Gasteiger partial charge in [-0.1, -0.05) is 0 Å². The standard InChI is InChI=1S/C13H20N2OS/c1-9-10-6-8-17-11(10)5-7-15(9)12(16)14-13(2,3)4/h6,8-9H,5,7H2,1-4H3,(H,14,16). The molecule has 94 valence electrons. The van der Waals surface area contributed by atoms with Crippen LogP contribution in [0.3, 0.4) is 0 Å². The number of urea groups is 1. The van der Waals surface area contributed by atoms with Crippen molar-refractivity contribution in [2.45, 2.75) is 45.7 Å². The number of fused-ring (bicyclic) bond motifs is 1. The van der Waals surface area contributed by atoms with Crippen LogP contribution in [0.15, 0.2) is 11.4 Å². The molecule has 0 saturated heterocycles. The molecular formula is C13H20N2OS. The summed E-state index contributed by atoms with van der Waals surface area (Å²) in [6.07, 6.45) is 0.981. The van der Waals surface area contributed by atoms with E-state index in [9.17, 15) is 4.79 Å². The van der Waals surface area contributed by atoms with Gasteiger partial charge in [-0.15, -0.1) is 11.3 Å². The van der Waals surface area contributed by atoms with E-state index < -0.39 is 0 Å². The van der Waals surface area contributed by atoms with E-state index in [1.54, 1.807) is 11.3 Å². The lowest BCUT2D eigenvalue weighted by atomic mass is 10.0. The maximum atomic E-state index is 12.2. The minimum Gasteiger partial charge on any atom is -0.333 e. The molecule has 1 N–H and O–H groups in total. The molecule has 17 heavy (non-hydrogen) atoms. The quantitative estimate of drug-likeness (QED) is 0.755. The summed E-state index contributed by atoms with van der Waals surface area (Å²) in [6, 6.07) is 2.37. The summed E-state index contributed by atoms with van der Waals surface area (Å²) in [7, 11) is 0. The Kier molecular flexibility index (Phi) is 3.17. The Hall–Kier alpha value is -1.03. The van der Waals surface area contributed by atoms with Crippen LogP contribution in [0.2, 0.25) is 0 Å². The molecule has 0 radical (unpaired) electrons. The lowest BCUT2D eigenvalue weighted by Crippen LogP contribution is -2.50. The molecule has 0 bridgehead atoms. The normalized spacial score (nSPS) is 20.0. The van der Waals surface area contributed by atoms with Crippen molar-refractivity contribution in [2.75, 3.05) is 6.54 Å². The molecule has 0 aromatic carbocycles. The highest BCUT2D eigenvalue weighted by Gasteiger charge is 2.29. The third-order valence-corrected chi connectivity index (χ3v) is 4.02. The zero-order valence-corrected chi connectivity index (χ0v) is 11.7. The first kappa shape index (κ1) is 12.4. The summed E-state index contributed by atoms with van der Waals surface area (Å²) in [5, 5.41) is 5.15. The average molecular weight is 252 g/mol. The number of hydrogen-bond donors (Lipinski definition) is 1. The maximum Gasteiger partial charge on any atom is 0.318 e. The van der Waals surface area contributed by atoms with Gasteiger partial charge in [-0.05, 0) is 51.1 Å². The fraction of sp³-hybridized carbons (Fsp3) is 0.615. The van der Waals surface area contributed by atoms with Crippen LogP contribution in [0.5, 0.6) is 0 Å². The van der Waals surface area contributed by atoms with E-state index in [2.05, 4.69) is 23.7 Å². The first-order chi connectivity index (χ1) is 7.88. The molecule has 2 amide bonds. The minimum atomic E-state index is -0.175. The minimum absolute atomic E-state index is 0.0434. The van der Waals surface area contributed by atoms with E-state index >= 15 is 0 Å². The first-order valence-electron chi connectivity index (χ1n) is 6.03. The van der Waals surface area contributed by atoms with E-state index in [-0.39, 0.29) is 17.6 Å². The molecule has 0 saturated carbocycles. The largest absolute Gasteiger partial charge is 0.333 e. The predicted molar refractivity (Wildman–Crippen MR) is 71.4 cm³/mol. The maximum absolute atomic E-state index is 12.2. The number of nitrogens with zero attached hydrogens (tertiary/aromatic N) is 1. The second kappa shape index (κ2) is 4.33. The number of carbonyl (C=O) groups is 1. The Balaban J connectivity index is 2.12. The molecule has 2 heterocycles. The van der Waals surface area contributed by atoms with E-state index in [0.717, 1.165) is 13.0 Å². The van der Waals surface area contributed by atoms with Gasteiger partial charge in [0.15, 0.2) is 0 Å². The Morgan fingerprint density at radius 3 is 2.88 bits per heavy atom. The van der Waals surface area contributed by atoms with Gasteiger partial charge in [0.05, 0.1) is 6.04 Å². The van der Waals surface area contributed by atoms with Gasteiger partial charge in [-0.2, -0.15) is 0 Å². The third-order valence-electron chi connectivity index (χ3n) is 3.02. The van der Waals surface area contributed by atoms with E-state index in [1.807, 2.05) is 25.7 Å². The van der Waals surface area contributed by atoms with Crippen LogP contribution < -0.4 is 5.32 Å². The summed E-state index contributed by atoms with van der Waals surface area (Å²) < 4.78 is 0. The Morgan fingerprint density at radius 2 is 2.24 bits per heavy atom. The van der Waals surface area contributed by atoms with Crippen molar-refractivity contribution in [1.29, 1.82) is 0 Å². The molecule has 0 aliphatic carbocycles. The summed E-state index contributed by atoms with van der Waals surface area (Å²) in [5.74, 6) is 0. The van der Waals surface area contributed by atoms with Crippen molar-refractivity contribution in [2.24, 2.45) is 0 Å². The van der Waals surface area contributed by atoms with E-state index in [4.69, 9.17) is 0 Å². The number of carbonyl (C=O) groups excluding carboxylic acids is 1. The summed E-state index contributed by atoms with van der Waals surface area (Å²) in [5.41, 5.74) is 1.14. The summed E-state index contributed by atoms with van der Waals surface area (Å²) in [6.45, 7) is 8.95. The molecule has 3 nitrogen and oxygen atoms in total. The molecule has 1 aromatic rings. The van der Waals surface area contributed by atoms with Crippen LogP contribution in [-0.4, -0.2) is 23.0 Å². The highest BCUT2D eigenvalue weighted by molar-refractivity contribution is 7.10. The molecule has 2 rings (SSSR count). The van der Waals surface area contributed by atoms with Crippen molar-refractivity contribution in [3.05, 3.63) is 21.9 Å². The van der Waals surface area contributed by atoms with Gasteiger partial charge in [-0.25, -0.2) is 4.79 Å². The first-order valence-corrected chi connectivity index (χ1v) is 6.91. The second-order valence-electron chi connectivity index (χ2n) is 5.60. The number of nitrogens with one attached hydrogen (secondary N) is 1. The Morgan fingerprint density at radius 1 is 1.53 bits per heavy atom.